The first kappa shape index (κ1) is 12.0. The first-order valence-corrected chi connectivity index (χ1v) is 6.17. The molecule has 15 heavy (non-hydrogen) atoms. The van der Waals surface area contributed by atoms with Gasteiger partial charge in [0.1, 0.15) is 5.69 Å². The van der Waals surface area contributed by atoms with Gasteiger partial charge < -0.3 is 16.0 Å². The molecule has 4 N–H and O–H groups in total. The lowest BCUT2D eigenvalue weighted by atomic mass is 10.3. The number of hydrogen-bond acceptors (Lipinski definition) is 3. The van der Waals surface area contributed by atoms with E-state index in [2.05, 4.69) is 23.5 Å². The largest absolute Gasteiger partial charge is 0.397 e. The number of nitrogens with one attached hydrogen (secondary N) is 2. The molecule has 1 rings (SSSR count). The van der Waals surface area contributed by atoms with Gasteiger partial charge in [-0.1, -0.05) is 6.92 Å². The highest BCUT2D eigenvalue weighted by Gasteiger charge is 2.07. The van der Waals surface area contributed by atoms with Gasteiger partial charge in [-0.25, -0.2) is 0 Å². The van der Waals surface area contributed by atoms with Crippen LogP contribution in [0.3, 0.4) is 0 Å². The highest BCUT2D eigenvalue weighted by molar-refractivity contribution is 7.99. The summed E-state index contributed by atoms with van der Waals surface area (Å²) < 4.78 is 0. The summed E-state index contributed by atoms with van der Waals surface area (Å²) in [6.07, 6.45) is 4.65. The van der Waals surface area contributed by atoms with E-state index in [9.17, 15) is 4.79 Å². The van der Waals surface area contributed by atoms with Crippen molar-refractivity contribution in [1.29, 1.82) is 0 Å². The Bertz CT molecular complexity index is 324. The molecule has 1 aromatic rings. The van der Waals surface area contributed by atoms with Crippen molar-refractivity contribution in [3.63, 3.8) is 0 Å². The number of carbonyl (C=O) groups excluding carboxylic acids is 1. The second-order valence-corrected chi connectivity index (χ2v) is 4.71. The molecule has 0 spiro atoms. The molecule has 0 aliphatic carbocycles. The van der Waals surface area contributed by atoms with Crippen LogP contribution in [0.4, 0.5) is 5.69 Å². The number of aromatic nitrogens is 1. The zero-order valence-corrected chi connectivity index (χ0v) is 9.86. The van der Waals surface area contributed by atoms with Crippen molar-refractivity contribution in [2.75, 3.05) is 18.5 Å². The fourth-order valence-electron chi connectivity index (χ4n) is 1.14. The number of anilines is 1. The van der Waals surface area contributed by atoms with Crippen molar-refractivity contribution in [3.8, 4) is 0 Å². The normalized spacial score (nSPS) is 12.4. The van der Waals surface area contributed by atoms with Crippen molar-refractivity contribution in [3.05, 3.63) is 18.0 Å². The lowest BCUT2D eigenvalue weighted by molar-refractivity contribution is 0.0949. The minimum Gasteiger partial charge on any atom is -0.397 e. The molecule has 0 saturated heterocycles. The molecule has 0 aliphatic rings. The summed E-state index contributed by atoms with van der Waals surface area (Å²) in [4.78, 5) is 14.3. The minimum atomic E-state index is -0.0972. The van der Waals surface area contributed by atoms with E-state index >= 15 is 0 Å². The minimum absolute atomic E-state index is 0.0972. The van der Waals surface area contributed by atoms with E-state index in [0.717, 1.165) is 6.42 Å². The first-order chi connectivity index (χ1) is 7.13. The smallest absolute Gasteiger partial charge is 0.267 e. The second kappa shape index (κ2) is 5.70. The van der Waals surface area contributed by atoms with Gasteiger partial charge in [-0.2, -0.15) is 11.8 Å². The van der Waals surface area contributed by atoms with Crippen LogP contribution in [-0.4, -0.2) is 28.9 Å². The number of aromatic amines is 1. The van der Waals surface area contributed by atoms with Crippen LogP contribution in [0.25, 0.3) is 0 Å². The van der Waals surface area contributed by atoms with Gasteiger partial charge in [0.05, 0.1) is 0 Å². The van der Waals surface area contributed by atoms with E-state index < -0.39 is 0 Å². The number of nitrogen functional groups attached to an aromatic ring is 1. The van der Waals surface area contributed by atoms with Gasteiger partial charge >= 0.3 is 0 Å². The molecule has 1 heterocycles. The molecular weight excluding hydrogens is 210 g/mol. The summed E-state index contributed by atoms with van der Waals surface area (Å²) in [5.74, 6) is -0.0972. The predicted octanol–water partition coefficient (Wildman–Crippen LogP) is 1.47. The zero-order chi connectivity index (χ0) is 11.3. The van der Waals surface area contributed by atoms with E-state index in [0.29, 0.717) is 23.2 Å². The molecule has 0 aliphatic heterocycles. The summed E-state index contributed by atoms with van der Waals surface area (Å²) in [5.41, 5.74) is 6.60. The lowest BCUT2D eigenvalue weighted by Gasteiger charge is -2.08. The Morgan fingerprint density at radius 1 is 1.73 bits per heavy atom. The molecule has 0 aromatic carbocycles. The van der Waals surface area contributed by atoms with Gasteiger partial charge in [0, 0.05) is 23.7 Å². The second-order valence-electron chi connectivity index (χ2n) is 3.44. The average molecular weight is 227 g/mol. The molecule has 1 aromatic heterocycles. The Balaban J connectivity index is 2.31. The molecule has 1 amide bonds. The summed E-state index contributed by atoms with van der Waals surface area (Å²) in [6, 6.07) is 1.63. The monoisotopic (exact) mass is 227 g/mol. The van der Waals surface area contributed by atoms with Crippen LogP contribution in [0.2, 0.25) is 0 Å². The highest BCUT2D eigenvalue weighted by atomic mass is 32.2. The van der Waals surface area contributed by atoms with Gasteiger partial charge in [0.15, 0.2) is 0 Å². The molecule has 1 unspecified atom stereocenters. The van der Waals surface area contributed by atoms with Crippen LogP contribution < -0.4 is 11.1 Å². The molecule has 0 fully saturated rings. The van der Waals surface area contributed by atoms with Gasteiger partial charge in [0.25, 0.3) is 5.91 Å². The van der Waals surface area contributed by atoms with Gasteiger partial charge in [-0.05, 0) is 18.7 Å². The van der Waals surface area contributed by atoms with E-state index in [1.54, 1.807) is 24.0 Å². The predicted molar refractivity (Wildman–Crippen MR) is 65.1 cm³/mol. The highest BCUT2D eigenvalue weighted by Crippen LogP contribution is 2.08. The molecule has 0 bridgehead atoms. The third kappa shape index (κ3) is 3.87. The molecule has 84 valence electrons. The van der Waals surface area contributed by atoms with Crippen molar-refractivity contribution in [2.45, 2.75) is 18.6 Å². The Morgan fingerprint density at radius 2 is 2.47 bits per heavy atom. The van der Waals surface area contributed by atoms with Crippen molar-refractivity contribution >= 4 is 23.4 Å². The quantitative estimate of drug-likeness (QED) is 0.713. The van der Waals surface area contributed by atoms with E-state index in [1.165, 1.54) is 0 Å². The van der Waals surface area contributed by atoms with Gasteiger partial charge in [-0.3, -0.25) is 4.79 Å². The van der Waals surface area contributed by atoms with Crippen LogP contribution in [-0.2, 0) is 0 Å². The number of H-pyrrole nitrogens is 1. The van der Waals surface area contributed by atoms with Gasteiger partial charge in [0.2, 0.25) is 0 Å². The van der Waals surface area contributed by atoms with Crippen LogP contribution in [0.5, 0.6) is 0 Å². The summed E-state index contributed by atoms with van der Waals surface area (Å²) >= 11 is 1.80. The van der Waals surface area contributed by atoms with Crippen LogP contribution in [0, 0.1) is 0 Å². The molecule has 4 nitrogen and oxygen atoms in total. The summed E-state index contributed by atoms with van der Waals surface area (Å²) in [6.45, 7) is 2.84. The molecule has 0 saturated carbocycles. The Hall–Kier alpha value is -1.10. The summed E-state index contributed by atoms with van der Waals surface area (Å²) in [7, 11) is 0. The number of hydrogen-bond donors (Lipinski definition) is 3. The number of thioether (sulfide) groups is 1. The Labute approximate surface area is 94.0 Å². The fourth-order valence-corrected chi connectivity index (χ4v) is 1.50. The van der Waals surface area contributed by atoms with Crippen LogP contribution in [0.15, 0.2) is 12.3 Å². The van der Waals surface area contributed by atoms with Crippen molar-refractivity contribution < 1.29 is 4.79 Å². The molecular formula is C10H17N3OS. The maximum atomic E-state index is 11.5. The third-order valence-corrected chi connectivity index (χ3v) is 3.23. The topological polar surface area (TPSA) is 70.9 Å². The SMILES string of the molecule is CSC(C)CCNC(=O)c1cc(N)c[nH]1. The number of amides is 1. The van der Waals surface area contributed by atoms with E-state index in [1.807, 2.05) is 0 Å². The van der Waals surface area contributed by atoms with Crippen LogP contribution >= 0.6 is 11.8 Å². The number of carbonyl (C=O) groups is 1. The summed E-state index contributed by atoms with van der Waals surface area (Å²) in [5, 5.41) is 3.41. The Kier molecular flexibility index (Phi) is 4.55. The van der Waals surface area contributed by atoms with E-state index in [-0.39, 0.29) is 5.91 Å². The average Bonchev–Trinajstić information content (AvgIpc) is 2.64. The maximum absolute atomic E-state index is 11.5. The Morgan fingerprint density at radius 3 is 3.00 bits per heavy atom. The van der Waals surface area contributed by atoms with E-state index in [4.69, 9.17) is 5.73 Å². The van der Waals surface area contributed by atoms with Crippen molar-refractivity contribution in [1.82, 2.24) is 10.3 Å². The number of nitrogens with two attached hydrogens (primary N) is 1. The molecule has 1 atom stereocenters. The first-order valence-electron chi connectivity index (χ1n) is 4.88. The van der Waals surface area contributed by atoms with Crippen LogP contribution in [0.1, 0.15) is 23.8 Å². The standard InChI is InChI=1S/C10H17N3OS/c1-7(15-2)3-4-12-10(14)9-5-8(11)6-13-9/h5-7,13H,3-4,11H2,1-2H3,(H,12,14). The molecule has 5 heteroatoms. The third-order valence-electron chi connectivity index (χ3n) is 2.19. The molecule has 0 radical (unpaired) electrons. The lowest BCUT2D eigenvalue weighted by Crippen LogP contribution is -2.26. The zero-order valence-electron chi connectivity index (χ0n) is 9.04. The van der Waals surface area contributed by atoms with Crippen molar-refractivity contribution in [2.24, 2.45) is 0 Å². The number of rotatable bonds is 5. The van der Waals surface area contributed by atoms with Gasteiger partial charge in [-0.15, -0.1) is 0 Å². The fraction of sp³-hybridized carbons (Fsp3) is 0.500. The maximum Gasteiger partial charge on any atom is 0.267 e.